The van der Waals surface area contributed by atoms with Gasteiger partial charge in [-0.3, -0.25) is 0 Å². The highest BCUT2D eigenvalue weighted by atomic mass is 19.1. The van der Waals surface area contributed by atoms with Gasteiger partial charge in [-0.05, 0) is 25.1 Å². The Morgan fingerprint density at radius 1 is 1.50 bits per heavy atom. The Labute approximate surface area is 115 Å². The minimum Gasteiger partial charge on any atom is -0.382 e. The standard InChI is InChI=1S/C14H13F2N3O/c1-3-10(2)14(20,7-19-9-17-8-18-19)12-6-11(15)4-5-13(12)16/h1,4-6,8-10,20H,7H2,2H3. The first kappa shape index (κ1) is 14.2. The Morgan fingerprint density at radius 2 is 2.25 bits per heavy atom. The van der Waals surface area contributed by atoms with Crippen molar-refractivity contribution in [3.63, 3.8) is 0 Å². The van der Waals surface area contributed by atoms with Gasteiger partial charge in [-0.25, -0.2) is 18.4 Å². The van der Waals surface area contributed by atoms with Gasteiger partial charge in [0, 0.05) is 5.56 Å². The highest BCUT2D eigenvalue weighted by Crippen LogP contribution is 2.33. The van der Waals surface area contributed by atoms with E-state index in [0.717, 1.165) is 18.2 Å². The van der Waals surface area contributed by atoms with Gasteiger partial charge >= 0.3 is 0 Å². The summed E-state index contributed by atoms with van der Waals surface area (Å²) in [6.07, 6.45) is 7.99. The number of aliphatic hydroxyl groups is 1. The van der Waals surface area contributed by atoms with Crippen LogP contribution in [0.1, 0.15) is 12.5 Å². The fourth-order valence-electron chi connectivity index (χ4n) is 1.98. The summed E-state index contributed by atoms with van der Waals surface area (Å²) in [7, 11) is 0. The second-order valence-corrected chi connectivity index (χ2v) is 4.53. The number of nitrogens with zero attached hydrogens (tertiary/aromatic N) is 3. The average Bonchev–Trinajstić information content (AvgIpc) is 2.93. The molecule has 1 heterocycles. The molecule has 0 saturated heterocycles. The molecule has 104 valence electrons. The largest absolute Gasteiger partial charge is 0.382 e. The molecule has 1 aromatic heterocycles. The first-order chi connectivity index (χ1) is 9.47. The summed E-state index contributed by atoms with van der Waals surface area (Å²) in [5, 5.41) is 14.6. The fraction of sp³-hybridized carbons (Fsp3) is 0.286. The molecule has 0 fully saturated rings. The van der Waals surface area contributed by atoms with Crippen LogP contribution in [0.3, 0.4) is 0 Å². The van der Waals surface area contributed by atoms with E-state index in [1.807, 2.05) is 0 Å². The first-order valence-electron chi connectivity index (χ1n) is 5.94. The van der Waals surface area contributed by atoms with Crippen LogP contribution in [0.15, 0.2) is 30.9 Å². The van der Waals surface area contributed by atoms with Gasteiger partial charge in [0.1, 0.15) is 29.9 Å². The maximum Gasteiger partial charge on any atom is 0.137 e. The third-order valence-corrected chi connectivity index (χ3v) is 3.23. The van der Waals surface area contributed by atoms with Gasteiger partial charge in [0.2, 0.25) is 0 Å². The normalized spacial score (nSPS) is 15.3. The van der Waals surface area contributed by atoms with E-state index >= 15 is 0 Å². The summed E-state index contributed by atoms with van der Waals surface area (Å²) < 4.78 is 28.6. The zero-order valence-corrected chi connectivity index (χ0v) is 10.8. The molecule has 1 aromatic carbocycles. The van der Waals surface area contributed by atoms with E-state index in [0.29, 0.717) is 0 Å². The Bertz CT molecular complexity index is 636. The maximum atomic E-state index is 13.9. The second kappa shape index (κ2) is 5.39. The monoisotopic (exact) mass is 277 g/mol. The molecule has 0 spiro atoms. The van der Waals surface area contributed by atoms with Crippen molar-refractivity contribution in [1.82, 2.24) is 14.8 Å². The molecule has 0 aliphatic heterocycles. The van der Waals surface area contributed by atoms with E-state index in [1.165, 1.54) is 17.3 Å². The first-order valence-corrected chi connectivity index (χ1v) is 5.94. The zero-order valence-electron chi connectivity index (χ0n) is 10.8. The lowest BCUT2D eigenvalue weighted by atomic mass is 9.82. The number of aromatic nitrogens is 3. The third-order valence-electron chi connectivity index (χ3n) is 3.23. The minimum absolute atomic E-state index is 0.126. The topological polar surface area (TPSA) is 50.9 Å². The van der Waals surface area contributed by atoms with Crippen molar-refractivity contribution in [1.29, 1.82) is 0 Å². The number of rotatable bonds is 4. The third kappa shape index (κ3) is 2.53. The highest BCUT2D eigenvalue weighted by molar-refractivity contribution is 5.28. The van der Waals surface area contributed by atoms with Crippen molar-refractivity contribution >= 4 is 0 Å². The Hall–Kier alpha value is -2.26. The Morgan fingerprint density at radius 3 is 2.85 bits per heavy atom. The van der Waals surface area contributed by atoms with Crippen LogP contribution in [0.25, 0.3) is 0 Å². The molecule has 1 N–H and O–H groups in total. The van der Waals surface area contributed by atoms with Crippen molar-refractivity contribution in [2.45, 2.75) is 19.1 Å². The zero-order chi connectivity index (χ0) is 14.8. The number of hydrogen-bond acceptors (Lipinski definition) is 3. The molecule has 0 aliphatic carbocycles. The van der Waals surface area contributed by atoms with Crippen LogP contribution in [-0.2, 0) is 12.1 Å². The summed E-state index contributed by atoms with van der Waals surface area (Å²) in [6.45, 7) is 1.43. The van der Waals surface area contributed by atoms with Gasteiger partial charge in [-0.15, -0.1) is 12.3 Å². The molecule has 2 aromatic rings. The van der Waals surface area contributed by atoms with Crippen LogP contribution < -0.4 is 0 Å². The second-order valence-electron chi connectivity index (χ2n) is 4.53. The van der Waals surface area contributed by atoms with E-state index in [9.17, 15) is 13.9 Å². The number of halogens is 2. The summed E-state index contributed by atoms with van der Waals surface area (Å²) >= 11 is 0. The molecule has 0 amide bonds. The summed E-state index contributed by atoms with van der Waals surface area (Å²) in [6, 6.07) is 2.88. The lowest BCUT2D eigenvalue weighted by Gasteiger charge is -2.32. The van der Waals surface area contributed by atoms with Crippen LogP contribution in [0.5, 0.6) is 0 Å². The quantitative estimate of drug-likeness (QED) is 0.866. The molecule has 4 nitrogen and oxygen atoms in total. The van der Waals surface area contributed by atoms with Crippen molar-refractivity contribution in [3.05, 3.63) is 48.1 Å². The molecule has 2 atom stereocenters. The van der Waals surface area contributed by atoms with Crippen molar-refractivity contribution in [2.24, 2.45) is 5.92 Å². The van der Waals surface area contributed by atoms with Crippen molar-refractivity contribution in [3.8, 4) is 12.3 Å². The van der Waals surface area contributed by atoms with E-state index in [4.69, 9.17) is 6.42 Å². The smallest absolute Gasteiger partial charge is 0.137 e. The fourth-order valence-corrected chi connectivity index (χ4v) is 1.98. The summed E-state index contributed by atoms with van der Waals surface area (Å²) in [5.41, 5.74) is -1.98. The predicted octanol–water partition coefficient (Wildman–Crippen LogP) is 1.71. The number of benzene rings is 1. The van der Waals surface area contributed by atoms with Gasteiger partial charge in [0.05, 0.1) is 12.5 Å². The number of terminal acetylenes is 1. The van der Waals surface area contributed by atoms with Crippen LogP contribution >= 0.6 is 0 Å². The van der Waals surface area contributed by atoms with E-state index < -0.39 is 23.2 Å². The molecule has 20 heavy (non-hydrogen) atoms. The average molecular weight is 277 g/mol. The molecule has 0 radical (unpaired) electrons. The SMILES string of the molecule is C#CC(C)C(O)(Cn1cncn1)c1cc(F)ccc1F. The molecular formula is C14H13F2N3O. The van der Waals surface area contributed by atoms with Gasteiger partial charge in [0.15, 0.2) is 0 Å². The predicted molar refractivity (Wildman–Crippen MR) is 68.3 cm³/mol. The molecule has 6 heteroatoms. The van der Waals surface area contributed by atoms with Gasteiger partial charge in [-0.1, -0.05) is 0 Å². The maximum absolute atomic E-state index is 13.9. The van der Waals surface area contributed by atoms with Gasteiger partial charge in [0.25, 0.3) is 0 Å². The molecular weight excluding hydrogens is 264 g/mol. The van der Waals surface area contributed by atoms with Crippen molar-refractivity contribution in [2.75, 3.05) is 0 Å². The summed E-state index contributed by atoms with van der Waals surface area (Å²) in [4.78, 5) is 3.75. The van der Waals surface area contributed by atoms with E-state index in [-0.39, 0.29) is 12.1 Å². The van der Waals surface area contributed by atoms with Crippen LogP contribution in [0.4, 0.5) is 8.78 Å². The highest BCUT2D eigenvalue weighted by Gasteiger charge is 2.38. The molecule has 0 aliphatic rings. The lowest BCUT2D eigenvalue weighted by molar-refractivity contribution is -0.0193. The summed E-state index contributed by atoms with van der Waals surface area (Å²) in [5.74, 6) is 0.239. The van der Waals surface area contributed by atoms with Crippen LogP contribution in [0, 0.1) is 29.9 Å². The van der Waals surface area contributed by atoms with Crippen molar-refractivity contribution < 1.29 is 13.9 Å². The van der Waals surface area contributed by atoms with E-state index in [1.54, 1.807) is 6.92 Å². The lowest BCUT2D eigenvalue weighted by Crippen LogP contribution is -2.38. The molecule has 2 rings (SSSR count). The Balaban J connectivity index is 2.52. The van der Waals surface area contributed by atoms with Gasteiger partial charge < -0.3 is 5.11 Å². The van der Waals surface area contributed by atoms with E-state index in [2.05, 4.69) is 16.0 Å². The van der Waals surface area contributed by atoms with Crippen LogP contribution in [0.2, 0.25) is 0 Å². The van der Waals surface area contributed by atoms with Crippen LogP contribution in [-0.4, -0.2) is 19.9 Å². The molecule has 2 unspecified atom stereocenters. The number of hydrogen-bond donors (Lipinski definition) is 1. The molecule has 0 saturated carbocycles. The minimum atomic E-state index is -1.78. The van der Waals surface area contributed by atoms with Gasteiger partial charge in [-0.2, -0.15) is 5.10 Å². The Kier molecular flexibility index (Phi) is 3.81. The molecule has 0 bridgehead atoms.